The molecule has 6 heteroatoms. The minimum absolute atomic E-state index is 0.120. The zero-order chi connectivity index (χ0) is 10.2. The van der Waals surface area contributed by atoms with E-state index in [1.807, 2.05) is 0 Å². The molecule has 1 aliphatic rings. The van der Waals surface area contributed by atoms with E-state index in [0.29, 0.717) is 0 Å². The second-order valence-electron chi connectivity index (χ2n) is 3.63. The van der Waals surface area contributed by atoms with E-state index < -0.39 is 9.84 Å². The Bertz CT molecular complexity index is 435. The highest BCUT2D eigenvalue weighted by atomic mass is 32.2. The first-order chi connectivity index (χ1) is 6.59. The van der Waals surface area contributed by atoms with Gasteiger partial charge < -0.3 is 4.57 Å². The van der Waals surface area contributed by atoms with Gasteiger partial charge >= 0.3 is 0 Å². The van der Waals surface area contributed by atoms with Crippen molar-refractivity contribution < 1.29 is 8.42 Å². The van der Waals surface area contributed by atoms with Crippen molar-refractivity contribution in [2.75, 3.05) is 6.26 Å². The fourth-order valence-electron chi connectivity index (χ4n) is 1.73. The quantitative estimate of drug-likeness (QED) is 0.680. The van der Waals surface area contributed by atoms with Crippen LogP contribution >= 0.6 is 0 Å². The van der Waals surface area contributed by atoms with E-state index in [-0.39, 0.29) is 5.16 Å². The van der Waals surface area contributed by atoms with Crippen LogP contribution in [0.4, 0.5) is 0 Å². The monoisotopic (exact) mass is 215 g/mol. The van der Waals surface area contributed by atoms with Crippen LogP contribution in [0.3, 0.4) is 0 Å². The molecule has 1 aromatic rings. The van der Waals surface area contributed by atoms with Crippen molar-refractivity contribution in [2.24, 2.45) is 0 Å². The number of aromatic nitrogens is 3. The first-order valence-electron chi connectivity index (χ1n) is 4.71. The highest BCUT2D eigenvalue weighted by molar-refractivity contribution is 7.90. The molecule has 2 rings (SSSR count). The smallest absolute Gasteiger partial charge is 0.249 e. The van der Waals surface area contributed by atoms with Crippen molar-refractivity contribution in [2.45, 2.75) is 37.4 Å². The summed E-state index contributed by atoms with van der Waals surface area (Å²) in [6.45, 7) is 0.727. The Kier molecular flexibility index (Phi) is 2.30. The third kappa shape index (κ3) is 1.66. The number of fused-ring (bicyclic) bond motifs is 1. The average Bonchev–Trinajstić information content (AvgIpc) is 2.36. The topological polar surface area (TPSA) is 64.8 Å². The maximum Gasteiger partial charge on any atom is 0.249 e. The van der Waals surface area contributed by atoms with E-state index in [9.17, 15) is 8.42 Å². The summed E-state index contributed by atoms with van der Waals surface area (Å²) in [5.74, 6) is 0.808. The molecule has 0 unspecified atom stereocenters. The molecular weight excluding hydrogens is 202 g/mol. The maximum atomic E-state index is 11.4. The summed E-state index contributed by atoms with van der Waals surface area (Å²) in [6, 6.07) is 0. The predicted molar refractivity (Wildman–Crippen MR) is 50.7 cm³/mol. The van der Waals surface area contributed by atoms with Gasteiger partial charge in [0.2, 0.25) is 15.0 Å². The summed E-state index contributed by atoms with van der Waals surface area (Å²) < 4.78 is 24.4. The van der Waals surface area contributed by atoms with Gasteiger partial charge in [-0.3, -0.25) is 0 Å². The lowest BCUT2D eigenvalue weighted by atomic mass is 10.2. The first-order valence-corrected chi connectivity index (χ1v) is 6.60. The van der Waals surface area contributed by atoms with Gasteiger partial charge in [0, 0.05) is 19.2 Å². The van der Waals surface area contributed by atoms with E-state index in [1.165, 1.54) is 6.26 Å². The normalized spacial score (nSPS) is 17.5. The highest BCUT2D eigenvalue weighted by Crippen LogP contribution is 2.16. The van der Waals surface area contributed by atoms with Gasteiger partial charge in [-0.15, -0.1) is 10.2 Å². The van der Waals surface area contributed by atoms with Crippen LogP contribution in [0.1, 0.15) is 25.1 Å². The summed E-state index contributed by atoms with van der Waals surface area (Å²) in [5.41, 5.74) is 0. The Morgan fingerprint density at radius 3 is 2.71 bits per heavy atom. The molecule has 0 saturated carbocycles. The Balaban J connectivity index is 2.50. The second kappa shape index (κ2) is 3.34. The fourth-order valence-corrected chi connectivity index (χ4v) is 2.52. The van der Waals surface area contributed by atoms with E-state index in [2.05, 4.69) is 10.2 Å². The molecule has 78 valence electrons. The minimum Gasteiger partial charge on any atom is -0.302 e. The van der Waals surface area contributed by atoms with E-state index in [4.69, 9.17) is 0 Å². The van der Waals surface area contributed by atoms with Crippen LogP contribution < -0.4 is 0 Å². The molecule has 0 aliphatic carbocycles. The number of nitrogens with zero attached hydrogens (tertiary/aromatic N) is 3. The minimum atomic E-state index is -3.23. The zero-order valence-electron chi connectivity index (χ0n) is 8.10. The van der Waals surface area contributed by atoms with Crippen molar-refractivity contribution in [3.63, 3.8) is 0 Å². The van der Waals surface area contributed by atoms with Gasteiger partial charge in [-0.25, -0.2) is 8.42 Å². The molecule has 2 heterocycles. The van der Waals surface area contributed by atoms with Gasteiger partial charge in [-0.2, -0.15) is 0 Å². The van der Waals surface area contributed by atoms with Crippen LogP contribution in [0.15, 0.2) is 5.16 Å². The van der Waals surface area contributed by atoms with Gasteiger partial charge in [0.1, 0.15) is 5.82 Å². The number of hydrogen-bond acceptors (Lipinski definition) is 4. The standard InChI is InChI=1S/C8H13N3O2S/c1-14(12,13)8-10-9-7-5-3-2-4-6-11(7)8/h2-6H2,1H3. The number of hydrogen-bond donors (Lipinski definition) is 0. The van der Waals surface area contributed by atoms with Crippen LogP contribution in [0.5, 0.6) is 0 Å². The van der Waals surface area contributed by atoms with Crippen molar-refractivity contribution in [1.82, 2.24) is 14.8 Å². The van der Waals surface area contributed by atoms with Crippen LogP contribution in [0.2, 0.25) is 0 Å². The lowest BCUT2D eigenvalue weighted by Crippen LogP contribution is -2.10. The molecule has 14 heavy (non-hydrogen) atoms. The molecule has 0 saturated heterocycles. The second-order valence-corrected chi connectivity index (χ2v) is 5.54. The van der Waals surface area contributed by atoms with Crippen LogP contribution in [0, 0.1) is 0 Å². The summed E-state index contributed by atoms with van der Waals surface area (Å²) in [4.78, 5) is 0. The number of sulfone groups is 1. The predicted octanol–water partition coefficient (Wildman–Crippen LogP) is 0.408. The van der Waals surface area contributed by atoms with Crippen LogP contribution in [-0.4, -0.2) is 29.4 Å². The number of aryl methyl sites for hydroxylation is 1. The summed E-state index contributed by atoms with van der Waals surface area (Å²) >= 11 is 0. The molecule has 0 fully saturated rings. The van der Waals surface area contributed by atoms with Gasteiger partial charge in [0.05, 0.1) is 0 Å². The third-order valence-electron chi connectivity index (χ3n) is 2.41. The van der Waals surface area contributed by atoms with E-state index in [1.54, 1.807) is 4.57 Å². The SMILES string of the molecule is CS(=O)(=O)c1nnc2n1CCCCC2. The largest absolute Gasteiger partial charge is 0.302 e. The van der Waals surface area contributed by atoms with Gasteiger partial charge in [0.25, 0.3) is 0 Å². The molecule has 0 amide bonds. The molecule has 0 bridgehead atoms. The first kappa shape index (κ1) is 9.64. The summed E-state index contributed by atoms with van der Waals surface area (Å²) in [6.07, 6.45) is 5.22. The van der Waals surface area contributed by atoms with Crippen molar-refractivity contribution >= 4 is 9.84 Å². The van der Waals surface area contributed by atoms with Gasteiger partial charge in [0.15, 0.2) is 0 Å². The lowest BCUT2D eigenvalue weighted by Gasteiger charge is -2.03. The Morgan fingerprint density at radius 1 is 1.21 bits per heavy atom. The summed E-state index contributed by atoms with van der Waals surface area (Å²) in [7, 11) is -3.23. The molecule has 1 aliphatic heterocycles. The Labute approximate surface area is 83.1 Å². The number of rotatable bonds is 1. The highest BCUT2D eigenvalue weighted by Gasteiger charge is 2.21. The fraction of sp³-hybridized carbons (Fsp3) is 0.750. The molecule has 1 aromatic heterocycles. The van der Waals surface area contributed by atoms with E-state index in [0.717, 1.165) is 38.1 Å². The average molecular weight is 215 g/mol. The molecule has 0 atom stereocenters. The molecule has 0 N–H and O–H groups in total. The third-order valence-corrected chi connectivity index (χ3v) is 3.37. The van der Waals surface area contributed by atoms with E-state index >= 15 is 0 Å². The molecule has 0 aromatic carbocycles. The summed E-state index contributed by atoms with van der Waals surface area (Å²) in [5, 5.41) is 7.77. The lowest BCUT2D eigenvalue weighted by molar-refractivity contribution is 0.551. The van der Waals surface area contributed by atoms with Crippen molar-refractivity contribution in [1.29, 1.82) is 0 Å². The van der Waals surface area contributed by atoms with Gasteiger partial charge in [-0.1, -0.05) is 6.42 Å². The Hall–Kier alpha value is -0.910. The zero-order valence-corrected chi connectivity index (χ0v) is 8.92. The van der Waals surface area contributed by atoms with Crippen LogP contribution in [0.25, 0.3) is 0 Å². The Morgan fingerprint density at radius 2 is 2.00 bits per heavy atom. The van der Waals surface area contributed by atoms with Gasteiger partial charge in [-0.05, 0) is 12.8 Å². The van der Waals surface area contributed by atoms with Crippen molar-refractivity contribution in [3.8, 4) is 0 Å². The molecular formula is C8H13N3O2S. The molecule has 0 radical (unpaired) electrons. The maximum absolute atomic E-state index is 11.4. The van der Waals surface area contributed by atoms with Crippen LogP contribution in [-0.2, 0) is 22.8 Å². The van der Waals surface area contributed by atoms with Crippen molar-refractivity contribution in [3.05, 3.63) is 5.82 Å². The molecule has 0 spiro atoms. The molecule has 5 nitrogen and oxygen atoms in total.